The summed E-state index contributed by atoms with van der Waals surface area (Å²) in [5.74, 6) is 1.65. The summed E-state index contributed by atoms with van der Waals surface area (Å²) in [7, 11) is 1.66. The van der Waals surface area contributed by atoms with E-state index in [1.807, 2.05) is 48.7 Å². The number of halogens is 2. The van der Waals surface area contributed by atoms with Crippen LogP contribution in [0.4, 0.5) is 5.82 Å². The molecule has 1 aromatic heterocycles. The molecule has 3 aromatic rings. The fraction of sp³-hybridized carbons (Fsp3) is 0.167. The minimum absolute atomic E-state index is 0.758. The molecule has 118 valence electrons. The number of aromatic nitrogens is 1. The van der Waals surface area contributed by atoms with Gasteiger partial charge < -0.3 is 10.1 Å². The van der Waals surface area contributed by atoms with Crippen molar-refractivity contribution >= 4 is 44.1 Å². The van der Waals surface area contributed by atoms with Gasteiger partial charge in [0, 0.05) is 23.2 Å². The third-order valence-corrected chi connectivity index (χ3v) is 4.71. The highest BCUT2D eigenvalue weighted by atomic mass is 79.9. The molecule has 0 amide bonds. The van der Waals surface area contributed by atoms with Crippen molar-refractivity contribution in [3.8, 4) is 5.75 Å². The number of rotatable bonds is 5. The number of anilines is 1. The average molecular weight is 392 g/mol. The normalized spacial score (nSPS) is 10.7. The molecule has 0 unspecified atom stereocenters. The highest BCUT2D eigenvalue weighted by Gasteiger charge is 2.10. The molecule has 2 aromatic carbocycles. The van der Waals surface area contributed by atoms with E-state index in [4.69, 9.17) is 16.3 Å². The van der Waals surface area contributed by atoms with Crippen molar-refractivity contribution in [2.24, 2.45) is 0 Å². The van der Waals surface area contributed by atoms with Gasteiger partial charge in [-0.05, 0) is 57.6 Å². The maximum Gasteiger partial charge on any atom is 0.135 e. The summed E-state index contributed by atoms with van der Waals surface area (Å²) in [4.78, 5) is 4.47. The molecule has 23 heavy (non-hydrogen) atoms. The Morgan fingerprint density at radius 2 is 1.91 bits per heavy atom. The van der Waals surface area contributed by atoms with Crippen LogP contribution in [-0.4, -0.2) is 18.6 Å². The predicted molar refractivity (Wildman–Crippen MR) is 99.6 cm³/mol. The van der Waals surface area contributed by atoms with Gasteiger partial charge in [-0.3, -0.25) is 0 Å². The smallest absolute Gasteiger partial charge is 0.135 e. The minimum Gasteiger partial charge on any atom is -0.496 e. The molecule has 0 aliphatic heterocycles. The predicted octanol–water partition coefficient (Wildman–Crippen LogP) is 5.31. The summed E-state index contributed by atoms with van der Waals surface area (Å²) in [5, 5.41) is 6.31. The largest absolute Gasteiger partial charge is 0.496 e. The second-order valence-electron chi connectivity index (χ2n) is 5.14. The third kappa shape index (κ3) is 3.59. The summed E-state index contributed by atoms with van der Waals surface area (Å²) >= 11 is 9.53. The van der Waals surface area contributed by atoms with Crippen LogP contribution in [0, 0.1) is 0 Å². The Hall–Kier alpha value is -1.78. The number of hydrogen-bond acceptors (Lipinski definition) is 3. The fourth-order valence-electron chi connectivity index (χ4n) is 2.48. The topological polar surface area (TPSA) is 34.1 Å². The molecular weight excluding hydrogens is 376 g/mol. The molecular formula is C18H16BrClN2O. The van der Waals surface area contributed by atoms with Gasteiger partial charge in [-0.15, -0.1) is 0 Å². The number of benzene rings is 2. The lowest BCUT2D eigenvalue weighted by Gasteiger charge is -2.12. The van der Waals surface area contributed by atoms with Gasteiger partial charge in [-0.1, -0.05) is 29.8 Å². The Labute approximate surface area is 148 Å². The van der Waals surface area contributed by atoms with Gasteiger partial charge in [0.05, 0.1) is 11.6 Å². The molecule has 5 heteroatoms. The summed E-state index contributed by atoms with van der Waals surface area (Å²) in [6.45, 7) is 0.789. The molecule has 1 N–H and O–H groups in total. The van der Waals surface area contributed by atoms with E-state index in [1.165, 1.54) is 5.56 Å². The zero-order chi connectivity index (χ0) is 16.2. The van der Waals surface area contributed by atoms with Gasteiger partial charge in [0.25, 0.3) is 0 Å². The van der Waals surface area contributed by atoms with Crippen molar-refractivity contribution in [3.05, 3.63) is 63.7 Å². The van der Waals surface area contributed by atoms with E-state index in [-0.39, 0.29) is 0 Å². The van der Waals surface area contributed by atoms with E-state index < -0.39 is 0 Å². The number of ether oxygens (including phenoxy) is 1. The van der Waals surface area contributed by atoms with E-state index in [0.717, 1.165) is 44.8 Å². The Morgan fingerprint density at radius 3 is 2.65 bits per heavy atom. The van der Waals surface area contributed by atoms with Crippen LogP contribution in [0.2, 0.25) is 5.02 Å². The van der Waals surface area contributed by atoms with E-state index >= 15 is 0 Å². The van der Waals surface area contributed by atoms with E-state index in [2.05, 4.69) is 26.2 Å². The lowest BCUT2D eigenvalue weighted by Crippen LogP contribution is -2.07. The second-order valence-corrected chi connectivity index (χ2v) is 6.37. The zero-order valence-electron chi connectivity index (χ0n) is 12.6. The van der Waals surface area contributed by atoms with Crippen LogP contribution in [0.1, 0.15) is 5.56 Å². The van der Waals surface area contributed by atoms with Crippen molar-refractivity contribution in [1.82, 2.24) is 4.98 Å². The number of nitrogens with one attached hydrogen (secondary N) is 1. The first-order valence-electron chi connectivity index (χ1n) is 7.28. The standard InChI is InChI=1S/C18H16BrClN2O/c1-23-15-7-4-13-9-11-22-18(16(13)17(15)19)21-10-8-12-2-5-14(20)6-3-12/h2-7,9,11H,8,10H2,1H3,(H,21,22). The summed E-state index contributed by atoms with van der Waals surface area (Å²) < 4.78 is 6.29. The first-order valence-corrected chi connectivity index (χ1v) is 8.45. The van der Waals surface area contributed by atoms with Crippen LogP contribution >= 0.6 is 27.5 Å². The van der Waals surface area contributed by atoms with Gasteiger partial charge in [-0.25, -0.2) is 4.98 Å². The van der Waals surface area contributed by atoms with E-state index in [1.54, 1.807) is 7.11 Å². The van der Waals surface area contributed by atoms with Crippen LogP contribution in [0.15, 0.2) is 53.1 Å². The maximum atomic E-state index is 5.91. The molecule has 0 aliphatic carbocycles. The number of hydrogen-bond donors (Lipinski definition) is 1. The van der Waals surface area contributed by atoms with Gasteiger partial charge >= 0.3 is 0 Å². The molecule has 3 nitrogen and oxygen atoms in total. The summed E-state index contributed by atoms with van der Waals surface area (Å²) in [5.41, 5.74) is 1.23. The van der Waals surface area contributed by atoms with Crippen LogP contribution in [0.25, 0.3) is 10.8 Å². The molecule has 0 saturated heterocycles. The lowest BCUT2D eigenvalue weighted by atomic mass is 10.1. The zero-order valence-corrected chi connectivity index (χ0v) is 15.0. The SMILES string of the molecule is COc1ccc2ccnc(NCCc3ccc(Cl)cc3)c2c1Br. The Bertz CT molecular complexity index is 821. The van der Waals surface area contributed by atoms with Crippen molar-refractivity contribution < 1.29 is 4.74 Å². The number of pyridine rings is 1. The first-order chi connectivity index (χ1) is 11.2. The van der Waals surface area contributed by atoms with Gasteiger partial charge in [0.1, 0.15) is 11.6 Å². The van der Waals surface area contributed by atoms with Crippen LogP contribution in [0.3, 0.4) is 0 Å². The van der Waals surface area contributed by atoms with Gasteiger partial charge in [0.2, 0.25) is 0 Å². The van der Waals surface area contributed by atoms with E-state index in [9.17, 15) is 0 Å². The summed E-state index contributed by atoms with van der Waals surface area (Å²) in [6.07, 6.45) is 2.71. The van der Waals surface area contributed by atoms with Gasteiger partial charge in [0.15, 0.2) is 0 Å². The molecule has 3 rings (SSSR count). The Morgan fingerprint density at radius 1 is 1.13 bits per heavy atom. The molecule has 0 spiro atoms. The Balaban J connectivity index is 1.81. The number of fused-ring (bicyclic) bond motifs is 1. The molecule has 0 aliphatic rings. The third-order valence-electron chi connectivity index (χ3n) is 3.67. The van der Waals surface area contributed by atoms with E-state index in [0.29, 0.717) is 0 Å². The van der Waals surface area contributed by atoms with Gasteiger partial charge in [-0.2, -0.15) is 0 Å². The molecule has 0 bridgehead atoms. The van der Waals surface area contributed by atoms with Crippen molar-refractivity contribution in [3.63, 3.8) is 0 Å². The van der Waals surface area contributed by atoms with Crippen molar-refractivity contribution in [2.45, 2.75) is 6.42 Å². The highest BCUT2D eigenvalue weighted by Crippen LogP contribution is 2.36. The van der Waals surface area contributed by atoms with Crippen LogP contribution < -0.4 is 10.1 Å². The fourth-order valence-corrected chi connectivity index (χ4v) is 3.31. The second kappa shape index (κ2) is 7.20. The maximum absolute atomic E-state index is 5.91. The number of methoxy groups -OCH3 is 1. The van der Waals surface area contributed by atoms with Crippen LogP contribution in [0.5, 0.6) is 5.75 Å². The Kier molecular flexibility index (Phi) is 5.03. The first kappa shape index (κ1) is 16.1. The van der Waals surface area contributed by atoms with Crippen molar-refractivity contribution in [2.75, 3.05) is 19.0 Å². The highest BCUT2D eigenvalue weighted by molar-refractivity contribution is 9.10. The lowest BCUT2D eigenvalue weighted by molar-refractivity contribution is 0.413. The molecule has 0 saturated carbocycles. The molecule has 1 heterocycles. The quantitative estimate of drug-likeness (QED) is 0.639. The average Bonchev–Trinajstić information content (AvgIpc) is 2.57. The molecule has 0 radical (unpaired) electrons. The number of nitrogens with zero attached hydrogens (tertiary/aromatic N) is 1. The molecule has 0 fully saturated rings. The summed E-state index contributed by atoms with van der Waals surface area (Å²) in [6, 6.07) is 13.9. The minimum atomic E-state index is 0.758. The molecule has 0 atom stereocenters. The van der Waals surface area contributed by atoms with Crippen molar-refractivity contribution in [1.29, 1.82) is 0 Å². The van der Waals surface area contributed by atoms with Crippen LogP contribution in [-0.2, 0) is 6.42 Å². The monoisotopic (exact) mass is 390 g/mol.